The van der Waals surface area contributed by atoms with Crippen LogP contribution in [0.3, 0.4) is 0 Å². The zero-order chi connectivity index (χ0) is 15.2. The lowest BCUT2D eigenvalue weighted by Gasteiger charge is -2.41. The maximum atomic E-state index is 11.8. The number of unbranched alkanes of at least 4 members (excludes halogenated alkanes) is 3. The molecule has 1 aliphatic rings. The third-order valence-electron chi connectivity index (χ3n) is 4.07. The number of rotatable bonds is 7. The predicted molar refractivity (Wildman–Crippen MR) is 81.6 cm³/mol. The Labute approximate surface area is 123 Å². The molecule has 0 aliphatic carbocycles. The van der Waals surface area contributed by atoms with Crippen molar-refractivity contribution in [1.82, 2.24) is 0 Å². The van der Waals surface area contributed by atoms with Gasteiger partial charge in [-0.15, -0.1) is 0 Å². The van der Waals surface area contributed by atoms with Crippen LogP contribution in [0, 0.1) is 5.41 Å². The lowest BCUT2D eigenvalue weighted by molar-refractivity contribution is -0.165. The monoisotopic (exact) mass is 282 g/mol. The van der Waals surface area contributed by atoms with Gasteiger partial charge in [0.15, 0.2) is 6.10 Å². The Bertz CT molecular complexity index is 341. The molecule has 0 saturated heterocycles. The summed E-state index contributed by atoms with van der Waals surface area (Å²) >= 11 is 0. The molecule has 0 aromatic rings. The van der Waals surface area contributed by atoms with E-state index in [9.17, 15) is 4.79 Å². The van der Waals surface area contributed by atoms with Crippen LogP contribution in [0.4, 0.5) is 0 Å². The summed E-state index contributed by atoms with van der Waals surface area (Å²) in [6.07, 6.45) is 9.20. The first-order chi connectivity index (χ1) is 9.36. The van der Waals surface area contributed by atoms with Crippen LogP contribution in [0.1, 0.15) is 66.7 Å². The van der Waals surface area contributed by atoms with Crippen molar-refractivity contribution in [3.63, 3.8) is 0 Å². The second-order valence-corrected chi connectivity index (χ2v) is 6.60. The van der Waals surface area contributed by atoms with Crippen molar-refractivity contribution in [3.05, 3.63) is 12.2 Å². The van der Waals surface area contributed by atoms with Gasteiger partial charge in [0.05, 0.1) is 12.2 Å². The van der Waals surface area contributed by atoms with Gasteiger partial charge in [0, 0.05) is 0 Å². The minimum Gasteiger partial charge on any atom is -0.464 e. The lowest BCUT2D eigenvalue weighted by Crippen LogP contribution is -2.44. The second-order valence-electron chi connectivity index (χ2n) is 6.60. The molecular formula is C17H30O3. The fourth-order valence-electron chi connectivity index (χ4n) is 2.66. The van der Waals surface area contributed by atoms with Crippen molar-refractivity contribution >= 4 is 5.97 Å². The average molecular weight is 282 g/mol. The minimum absolute atomic E-state index is 0.0308. The third kappa shape index (κ3) is 4.08. The van der Waals surface area contributed by atoms with Crippen LogP contribution in [0.5, 0.6) is 0 Å². The van der Waals surface area contributed by atoms with Crippen LogP contribution >= 0.6 is 0 Å². The molecule has 3 nitrogen and oxygen atoms in total. The SMILES string of the molecule is CCCCCC[C@@]1(C(C)(C)C)C=C[C@@H](C(=O)OCC)O1. The zero-order valence-electron chi connectivity index (χ0n) is 13.7. The Morgan fingerprint density at radius 2 is 1.95 bits per heavy atom. The van der Waals surface area contributed by atoms with E-state index in [1.165, 1.54) is 19.3 Å². The van der Waals surface area contributed by atoms with Crippen LogP contribution in [-0.4, -0.2) is 24.3 Å². The van der Waals surface area contributed by atoms with Gasteiger partial charge in [-0.05, 0) is 24.8 Å². The quantitative estimate of drug-likeness (QED) is 0.397. The highest BCUT2D eigenvalue weighted by atomic mass is 16.6. The Hall–Kier alpha value is -0.830. The first kappa shape index (κ1) is 17.2. The molecule has 0 fully saturated rings. The van der Waals surface area contributed by atoms with E-state index in [-0.39, 0.29) is 17.0 Å². The number of esters is 1. The second kappa shape index (κ2) is 7.26. The summed E-state index contributed by atoms with van der Waals surface area (Å²) in [7, 11) is 0. The lowest BCUT2D eigenvalue weighted by atomic mass is 9.73. The Morgan fingerprint density at radius 3 is 2.50 bits per heavy atom. The maximum absolute atomic E-state index is 11.8. The van der Waals surface area contributed by atoms with Gasteiger partial charge in [0.2, 0.25) is 0 Å². The first-order valence-corrected chi connectivity index (χ1v) is 7.90. The molecule has 0 saturated carbocycles. The molecule has 0 bridgehead atoms. The molecule has 2 atom stereocenters. The van der Waals surface area contributed by atoms with Gasteiger partial charge in [-0.1, -0.05) is 59.5 Å². The van der Waals surface area contributed by atoms with Gasteiger partial charge in [-0.3, -0.25) is 0 Å². The fourth-order valence-corrected chi connectivity index (χ4v) is 2.66. The standard InChI is InChI=1S/C17H30O3/c1-6-8-9-10-12-17(16(3,4)5)13-11-14(20-17)15(18)19-7-2/h11,13-14H,6-10,12H2,1-5H3/t14-,17-/m0/s1. The average Bonchev–Trinajstić information content (AvgIpc) is 2.80. The van der Waals surface area contributed by atoms with E-state index in [4.69, 9.17) is 9.47 Å². The largest absolute Gasteiger partial charge is 0.464 e. The van der Waals surface area contributed by atoms with Crippen molar-refractivity contribution in [2.45, 2.75) is 78.4 Å². The van der Waals surface area contributed by atoms with Crippen molar-refractivity contribution in [2.75, 3.05) is 6.61 Å². The van der Waals surface area contributed by atoms with Gasteiger partial charge in [0.25, 0.3) is 0 Å². The maximum Gasteiger partial charge on any atom is 0.339 e. The van der Waals surface area contributed by atoms with E-state index in [1.807, 2.05) is 13.0 Å². The van der Waals surface area contributed by atoms with Crippen LogP contribution in [0.15, 0.2) is 12.2 Å². The number of hydrogen-bond acceptors (Lipinski definition) is 3. The van der Waals surface area contributed by atoms with Gasteiger partial charge in [0.1, 0.15) is 0 Å². The molecule has 0 aromatic carbocycles. The van der Waals surface area contributed by atoms with Gasteiger partial charge in [-0.25, -0.2) is 4.79 Å². The van der Waals surface area contributed by atoms with Crippen LogP contribution in [-0.2, 0) is 14.3 Å². The number of carbonyl (C=O) groups excluding carboxylic acids is 1. The number of ether oxygens (including phenoxy) is 2. The number of carbonyl (C=O) groups is 1. The van der Waals surface area contributed by atoms with Crippen LogP contribution in [0.2, 0.25) is 0 Å². The van der Waals surface area contributed by atoms with E-state index in [2.05, 4.69) is 33.8 Å². The third-order valence-corrected chi connectivity index (χ3v) is 4.07. The van der Waals surface area contributed by atoms with E-state index in [1.54, 1.807) is 0 Å². The molecule has 3 heteroatoms. The number of hydrogen-bond donors (Lipinski definition) is 0. The normalized spacial score (nSPS) is 25.9. The summed E-state index contributed by atoms with van der Waals surface area (Å²) in [6, 6.07) is 0. The Kier molecular flexibility index (Phi) is 6.25. The van der Waals surface area contributed by atoms with Crippen molar-refractivity contribution in [3.8, 4) is 0 Å². The highest BCUT2D eigenvalue weighted by Gasteiger charge is 2.46. The fraction of sp³-hybridized carbons (Fsp3) is 0.824. The molecule has 0 spiro atoms. The summed E-state index contributed by atoms with van der Waals surface area (Å²) in [6.45, 7) is 10.9. The molecule has 0 N–H and O–H groups in total. The van der Waals surface area contributed by atoms with Crippen molar-refractivity contribution in [2.24, 2.45) is 5.41 Å². The molecule has 0 radical (unpaired) electrons. The van der Waals surface area contributed by atoms with Crippen LogP contribution in [0.25, 0.3) is 0 Å². The Morgan fingerprint density at radius 1 is 1.25 bits per heavy atom. The minimum atomic E-state index is -0.541. The van der Waals surface area contributed by atoms with E-state index in [0.717, 1.165) is 12.8 Å². The van der Waals surface area contributed by atoms with E-state index >= 15 is 0 Å². The molecule has 0 amide bonds. The van der Waals surface area contributed by atoms with Crippen molar-refractivity contribution in [1.29, 1.82) is 0 Å². The summed E-state index contributed by atoms with van der Waals surface area (Å²) in [5.74, 6) is -0.275. The molecule has 0 unspecified atom stereocenters. The molecule has 1 rings (SSSR count). The zero-order valence-corrected chi connectivity index (χ0v) is 13.7. The highest BCUT2D eigenvalue weighted by molar-refractivity contribution is 5.77. The topological polar surface area (TPSA) is 35.5 Å². The van der Waals surface area contributed by atoms with Gasteiger partial charge < -0.3 is 9.47 Å². The summed E-state index contributed by atoms with van der Waals surface area (Å²) in [5.41, 5.74) is -0.380. The molecule has 116 valence electrons. The van der Waals surface area contributed by atoms with E-state index < -0.39 is 6.10 Å². The molecule has 1 aliphatic heterocycles. The van der Waals surface area contributed by atoms with Gasteiger partial charge >= 0.3 is 5.97 Å². The summed E-state index contributed by atoms with van der Waals surface area (Å²) in [4.78, 5) is 11.8. The first-order valence-electron chi connectivity index (χ1n) is 7.90. The van der Waals surface area contributed by atoms with E-state index in [0.29, 0.717) is 6.61 Å². The Balaban J connectivity index is 2.69. The predicted octanol–water partition coefficient (Wildman–Crippen LogP) is 4.26. The molecule has 0 aromatic heterocycles. The smallest absolute Gasteiger partial charge is 0.339 e. The highest BCUT2D eigenvalue weighted by Crippen LogP contribution is 2.43. The van der Waals surface area contributed by atoms with Crippen LogP contribution < -0.4 is 0 Å². The molecule has 1 heterocycles. The summed E-state index contributed by atoms with van der Waals surface area (Å²) in [5, 5.41) is 0. The van der Waals surface area contributed by atoms with Gasteiger partial charge in [-0.2, -0.15) is 0 Å². The molecule has 20 heavy (non-hydrogen) atoms. The summed E-state index contributed by atoms with van der Waals surface area (Å²) < 4.78 is 11.2. The molecular weight excluding hydrogens is 252 g/mol. The van der Waals surface area contributed by atoms with Crippen molar-refractivity contribution < 1.29 is 14.3 Å².